The molecule has 0 fully saturated rings. The van der Waals surface area contributed by atoms with Crippen molar-refractivity contribution in [1.29, 1.82) is 0 Å². The number of hydrogen-bond acceptors (Lipinski definition) is 2. The number of aromatic nitrogens is 1. The van der Waals surface area contributed by atoms with Gasteiger partial charge in [-0.1, -0.05) is 22.0 Å². The van der Waals surface area contributed by atoms with Crippen molar-refractivity contribution in [2.75, 3.05) is 0 Å². The number of carbonyl (C=O) groups excluding carboxylic acids is 1. The molecule has 0 bridgehead atoms. The van der Waals surface area contributed by atoms with E-state index in [4.69, 9.17) is 0 Å². The third-order valence-electron chi connectivity index (χ3n) is 2.72. The first-order valence-corrected chi connectivity index (χ1v) is 7.36. The Morgan fingerprint density at radius 2 is 1.86 bits per heavy atom. The number of carbonyl (C=O) groups is 1. The molecule has 0 atom stereocenters. The molecule has 2 aromatic rings. The minimum Gasteiger partial charge on any atom is -0.294 e. The van der Waals surface area contributed by atoms with Gasteiger partial charge in [-0.25, -0.2) is 0 Å². The van der Waals surface area contributed by atoms with Gasteiger partial charge in [0.2, 0.25) is 0 Å². The van der Waals surface area contributed by atoms with Crippen molar-refractivity contribution in [3.63, 3.8) is 0 Å². The van der Waals surface area contributed by atoms with Gasteiger partial charge in [0.25, 0.3) is 0 Å². The standard InChI is InChI=1S/C14H8Br2F3NO/c15-9-2-3-10(20-7-9)6-13(21)8-1-4-12(16)11(5-8)14(17,18)19/h1-5,7H,6H2. The summed E-state index contributed by atoms with van der Waals surface area (Å²) in [5.41, 5.74) is -0.355. The van der Waals surface area contributed by atoms with E-state index in [9.17, 15) is 18.0 Å². The highest BCUT2D eigenvalue weighted by molar-refractivity contribution is 9.10. The third kappa shape index (κ3) is 4.14. The van der Waals surface area contributed by atoms with E-state index < -0.39 is 17.5 Å². The average molecular weight is 423 g/mol. The van der Waals surface area contributed by atoms with Gasteiger partial charge < -0.3 is 0 Å². The average Bonchev–Trinajstić information content (AvgIpc) is 2.40. The summed E-state index contributed by atoms with van der Waals surface area (Å²) in [5.74, 6) is -0.414. The molecule has 2 rings (SSSR count). The quantitative estimate of drug-likeness (QED) is 0.647. The van der Waals surface area contributed by atoms with E-state index in [-0.39, 0.29) is 16.5 Å². The molecule has 0 radical (unpaired) electrons. The summed E-state index contributed by atoms with van der Waals surface area (Å²) in [6.45, 7) is 0. The normalized spacial score (nSPS) is 11.5. The molecule has 1 aromatic heterocycles. The van der Waals surface area contributed by atoms with Crippen molar-refractivity contribution in [2.24, 2.45) is 0 Å². The predicted octanol–water partition coefficient (Wildman–Crippen LogP) is 5.05. The van der Waals surface area contributed by atoms with Gasteiger partial charge >= 0.3 is 6.18 Å². The lowest BCUT2D eigenvalue weighted by atomic mass is 10.0. The molecule has 0 saturated heterocycles. The zero-order chi connectivity index (χ0) is 15.6. The van der Waals surface area contributed by atoms with E-state index in [1.165, 1.54) is 18.3 Å². The van der Waals surface area contributed by atoms with Crippen molar-refractivity contribution in [1.82, 2.24) is 4.98 Å². The highest BCUT2D eigenvalue weighted by atomic mass is 79.9. The highest BCUT2D eigenvalue weighted by Gasteiger charge is 2.33. The molecule has 0 aliphatic carbocycles. The fraction of sp³-hybridized carbons (Fsp3) is 0.143. The number of pyridine rings is 1. The monoisotopic (exact) mass is 421 g/mol. The van der Waals surface area contributed by atoms with Gasteiger partial charge in [-0.3, -0.25) is 9.78 Å². The number of hydrogen-bond donors (Lipinski definition) is 0. The molecule has 7 heteroatoms. The van der Waals surface area contributed by atoms with Crippen LogP contribution in [0.1, 0.15) is 21.6 Å². The smallest absolute Gasteiger partial charge is 0.294 e. The molecule has 0 aliphatic rings. The molecule has 0 unspecified atom stereocenters. The zero-order valence-corrected chi connectivity index (χ0v) is 13.6. The van der Waals surface area contributed by atoms with Crippen LogP contribution in [0.15, 0.2) is 45.5 Å². The molecular weight excluding hydrogens is 415 g/mol. The Labute approximate surface area is 135 Å². The SMILES string of the molecule is O=C(Cc1ccc(Br)cn1)c1ccc(Br)c(C(F)(F)F)c1. The van der Waals surface area contributed by atoms with E-state index in [0.717, 1.165) is 10.5 Å². The van der Waals surface area contributed by atoms with Gasteiger partial charge in [-0.2, -0.15) is 13.2 Å². The molecule has 0 N–H and O–H groups in total. The number of ketones is 1. The summed E-state index contributed by atoms with van der Waals surface area (Å²) in [6.07, 6.45) is -3.03. The summed E-state index contributed by atoms with van der Waals surface area (Å²) >= 11 is 6.06. The Bertz CT molecular complexity index is 669. The summed E-state index contributed by atoms with van der Waals surface area (Å²) in [4.78, 5) is 16.1. The molecule has 0 amide bonds. The van der Waals surface area contributed by atoms with Crippen LogP contribution in [0.5, 0.6) is 0 Å². The Morgan fingerprint density at radius 3 is 2.43 bits per heavy atom. The Balaban J connectivity index is 2.25. The Kier molecular flexibility index (Phi) is 4.83. The molecule has 2 nitrogen and oxygen atoms in total. The number of Topliss-reactive ketones (excluding diaryl/α,β-unsaturated/α-hetero) is 1. The minimum absolute atomic E-state index is 0.00948. The Hall–Kier alpha value is -1.21. The maximum absolute atomic E-state index is 12.8. The lowest BCUT2D eigenvalue weighted by Crippen LogP contribution is -2.10. The van der Waals surface area contributed by atoms with Crippen molar-refractivity contribution in [3.8, 4) is 0 Å². The zero-order valence-electron chi connectivity index (χ0n) is 10.4. The topological polar surface area (TPSA) is 30.0 Å². The van der Waals surface area contributed by atoms with Crippen LogP contribution in [0, 0.1) is 0 Å². The summed E-state index contributed by atoms with van der Waals surface area (Å²) in [5, 5.41) is 0. The molecule has 0 aliphatic heterocycles. The van der Waals surface area contributed by atoms with Gasteiger partial charge in [-0.15, -0.1) is 0 Å². The predicted molar refractivity (Wildman–Crippen MR) is 79.1 cm³/mol. The number of nitrogens with zero attached hydrogens (tertiary/aromatic N) is 1. The van der Waals surface area contributed by atoms with E-state index in [1.54, 1.807) is 12.1 Å². The van der Waals surface area contributed by atoms with Crippen molar-refractivity contribution < 1.29 is 18.0 Å². The van der Waals surface area contributed by atoms with Crippen LogP contribution in [0.25, 0.3) is 0 Å². The number of benzene rings is 1. The first kappa shape index (κ1) is 16.2. The molecular formula is C14H8Br2F3NO. The maximum atomic E-state index is 12.8. The van der Waals surface area contributed by atoms with Crippen LogP contribution in [-0.4, -0.2) is 10.8 Å². The molecule has 0 spiro atoms. The number of rotatable bonds is 3. The summed E-state index contributed by atoms with van der Waals surface area (Å²) in [6, 6.07) is 6.81. The number of alkyl halides is 3. The summed E-state index contributed by atoms with van der Waals surface area (Å²) < 4.78 is 39.1. The summed E-state index contributed by atoms with van der Waals surface area (Å²) in [7, 11) is 0. The second-order valence-electron chi connectivity index (χ2n) is 4.26. The minimum atomic E-state index is -4.51. The second kappa shape index (κ2) is 6.27. The highest BCUT2D eigenvalue weighted by Crippen LogP contribution is 2.35. The molecule has 110 valence electrons. The molecule has 21 heavy (non-hydrogen) atoms. The molecule has 1 aromatic carbocycles. The lowest BCUT2D eigenvalue weighted by Gasteiger charge is -2.10. The van der Waals surface area contributed by atoms with Crippen LogP contribution in [0.3, 0.4) is 0 Å². The van der Waals surface area contributed by atoms with Crippen molar-refractivity contribution in [2.45, 2.75) is 12.6 Å². The van der Waals surface area contributed by atoms with E-state index in [0.29, 0.717) is 5.69 Å². The van der Waals surface area contributed by atoms with E-state index >= 15 is 0 Å². The van der Waals surface area contributed by atoms with E-state index in [1.807, 2.05) is 0 Å². The third-order valence-corrected chi connectivity index (χ3v) is 3.88. The van der Waals surface area contributed by atoms with E-state index in [2.05, 4.69) is 36.8 Å². The largest absolute Gasteiger partial charge is 0.417 e. The van der Waals surface area contributed by atoms with Crippen LogP contribution < -0.4 is 0 Å². The first-order chi connectivity index (χ1) is 9.77. The second-order valence-corrected chi connectivity index (χ2v) is 6.03. The number of halogens is 5. The van der Waals surface area contributed by atoms with Gasteiger partial charge in [-0.05, 0) is 40.2 Å². The lowest BCUT2D eigenvalue weighted by molar-refractivity contribution is -0.138. The van der Waals surface area contributed by atoms with Crippen LogP contribution >= 0.6 is 31.9 Å². The molecule has 0 saturated carbocycles. The van der Waals surface area contributed by atoms with Crippen molar-refractivity contribution >= 4 is 37.6 Å². The van der Waals surface area contributed by atoms with Crippen LogP contribution in [-0.2, 0) is 12.6 Å². The fourth-order valence-electron chi connectivity index (χ4n) is 1.69. The fourth-order valence-corrected chi connectivity index (χ4v) is 2.40. The van der Waals surface area contributed by atoms with Gasteiger partial charge in [0.05, 0.1) is 12.0 Å². The van der Waals surface area contributed by atoms with Gasteiger partial charge in [0, 0.05) is 26.4 Å². The van der Waals surface area contributed by atoms with Crippen molar-refractivity contribution in [3.05, 3.63) is 62.3 Å². The first-order valence-electron chi connectivity index (χ1n) is 5.78. The van der Waals surface area contributed by atoms with Gasteiger partial charge in [0.1, 0.15) is 0 Å². The molecule has 1 heterocycles. The maximum Gasteiger partial charge on any atom is 0.417 e. The van der Waals surface area contributed by atoms with Crippen LogP contribution in [0.4, 0.5) is 13.2 Å². The van der Waals surface area contributed by atoms with Gasteiger partial charge in [0.15, 0.2) is 5.78 Å². The Morgan fingerprint density at radius 1 is 1.14 bits per heavy atom. The van der Waals surface area contributed by atoms with Crippen LogP contribution in [0.2, 0.25) is 0 Å².